The summed E-state index contributed by atoms with van der Waals surface area (Å²) in [6, 6.07) is 8.07. The number of hydrogen-bond donors (Lipinski definition) is 8. The number of nitrogen functional groups attached to an aromatic ring is 2. The molecule has 10 N–H and O–H groups in total. The van der Waals surface area contributed by atoms with Crippen LogP contribution in [0.25, 0.3) is 0 Å². The largest absolute Gasteiger partial charge is 0.390 e. The van der Waals surface area contributed by atoms with E-state index in [9.17, 15) is 48.2 Å². The predicted molar refractivity (Wildman–Crippen MR) is 194 cm³/mol. The highest BCUT2D eigenvalue weighted by atomic mass is 19.2. The standard InChI is InChI=1S/2C17H20F2N4O3.2CH4/c2*1-23(14-6-13(20)21-7-22-14)12-5-9(16(25)17(12)26)15(24)8-2-3-10(18)11(19)4-8;;/h2*2-4,6-7,9,12,15-17,24-26H,5H2,1H3,(H2,20,21,22);2*1H4/t9-,12-,15+,16-,17+;9-,12-,15-,16-,17+;;/m11../s1. The highest BCUT2D eigenvalue weighted by molar-refractivity contribution is 5.48. The second-order valence-electron chi connectivity index (χ2n) is 13.0. The van der Waals surface area contributed by atoms with Crippen LogP contribution in [0.5, 0.6) is 0 Å². The minimum atomic E-state index is -1.26. The molecule has 2 aromatic heterocycles. The molecule has 296 valence electrons. The van der Waals surface area contributed by atoms with Gasteiger partial charge in [0.1, 0.15) is 48.1 Å². The summed E-state index contributed by atoms with van der Waals surface area (Å²) in [5.41, 5.74) is 11.5. The summed E-state index contributed by atoms with van der Waals surface area (Å²) in [5.74, 6) is -4.31. The Morgan fingerprint density at radius 3 is 1.24 bits per heavy atom. The Kier molecular flexibility index (Phi) is 14.6. The maximum absolute atomic E-state index is 13.4. The number of aliphatic hydroxyl groups excluding tert-OH is 6. The summed E-state index contributed by atoms with van der Waals surface area (Å²) in [6.07, 6.45) is -4.35. The number of aliphatic hydroxyl groups is 6. The fourth-order valence-electron chi connectivity index (χ4n) is 6.82. The van der Waals surface area contributed by atoms with Gasteiger partial charge >= 0.3 is 0 Å². The first-order valence-corrected chi connectivity index (χ1v) is 16.2. The molecule has 4 aromatic rings. The average molecular weight is 765 g/mol. The normalized spacial score (nSPS) is 25.7. The van der Waals surface area contributed by atoms with Crippen molar-refractivity contribution in [2.45, 2.75) is 76.4 Å². The van der Waals surface area contributed by atoms with Gasteiger partial charge in [0.2, 0.25) is 0 Å². The molecule has 54 heavy (non-hydrogen) atoms. The van der Waals surface area contributed by atoms with E-state index in [-0.39, 0.29) is 50.5 Å². The van der Waals surface area contributed by atoms with Crippen LogP contribution in [-0.2, 0) is 0 Å². The SMILES string of the molecule is C.C.CN(c1cc(N)ncn1)[C@@H]1C[C@H]([C@@H](O)c2ccc(F)c(F)c2)[C@@H](O)[C@H]1O.CN(c1cc(N)ncn1)[C@@H]1C[C@H]([C@H](O)c2ccc(F)c(F)c2)[C@@H](O)[C@H]1O. The number of halogens is 4. The third kappa shape index (κ3) is 9.14. The van der Waals surface area contributed by atoms with Crippen LogP contribution in [0.3, 0.4) is 0 Å². The van der Waals surface area contributed by atoms with Crippen molar-refractivity contribution in [2.24, 2.45) is 11.8 Å². The van der Waals surface area contributed by atoms with Crippen LogP contribution in [0.1, 0.15) is 51.0 Å². The molecule has 0 amide bonds. The minimum absolute atomic E-state index is 0. The molecule has 14 nitrogen and oxygen atoms in total. The Hall–Kier alpha value is -4.72. The molecule has 0 unspecified atom stereocenters. The molecule has 6 rings (SSSR count). The van der Waals surface area contributed by atoms with Gasteiger partial charge in [0.15, 0.2) is 23.3 Å². The van der Waals surface area contributed by atoms with Gasteiger partial charge in [-0.2, -0.15) is 0 Å². The summed E-state index contributed by atoms with van der Waals surface area (Å²) < 4.78 is 53.0. The molecule has 2 aromatic carbocycles. The molecule has 18 heteroatoms. The Balaban J connectivity index is 0.000000280. The smallest absolute Gasteiger partial charge is 0.159 e. The molecule has 0 spiro atoms. The van der Waals surface area contributed by atoms with Gasteiger partial charge in [-0.1, -0.05) is 27.0 Å². The molecule has 2 heterocycles. The number of hydrogen-bond acceptors (Lipinski definition) is 14. The fourth-order valence-corrected chi connectivity index (χ4v) is 6.82. The number of rotatable bonds is 8. The topological polar surface area (TPSA) is 231 Å². The van der Waals surface area contributed by atoms with E-state index in [1.807, 2.05) is 0 Å². The van der Waals surface area contributed by atoms with E-state index in [4.69, 9.17) is 11.5 Å². The quantitative estimate of drug-likeness (QED) is 0.121. The zero-order chi connectivity index (χ0) is 38.0. The van der Waals surface area contributed by atoms with Crippen molar-refractivity contribution < 1.29 is 48.2 Å². The van der Waals surface area contributed by atoms with Gasteiger partial charge in [-0.3, -0.25) is 0 Å². The monoisotopic (exact) mass is 764 g/mol. The molecule has 0 aliphatic heterocycles. The third-order valence-corrected chi connectivity index (χ3v) is 9.84. The van der Waals surface area contributed by atoms with E-state index in [0.717, 1.165) is 24.3 Å². The Bertz CT molecular complexity index is 1720. The highest BCUT2D eigenvalue weighted by Crippen LogP contribution is 2.41. The lowest BCUT2D eigenvalue weighted by Gasteiger charge is -2.28. The molecular weight excluding hydrogens is 716 g/mol. The first-order valence-electron chi connectivity index (χ1n) is 16.2. The molecule has 10 atom stereocenters. The van der Waals surface area contributed by atoms with Crippen LogP contribution in [-0.4, -0.2) is 101 Å². The van der Waals surface area contributed by atoms with Gasteiger partial charge in [-0.05, 0) is 48.2 Å². The first kappa shape index (κ1) is 43.7. The molecule has 0 radical (unpaired) electrons. The second-order valence-corrected chi connectivity index (χ2v) is 13.0. The zero-order valence-corrected chi connectivity index (χ0v) is 28.0. The van der Waals surface area contributed by atoms with E-state index in [1.54, 1.807) is 23.9 Å². The lowest BCUT2D eigenvalue weighted by Crippen LogP contribution is -2.41. The molecule has 2 aliphatic carbocycles. The van der Waals surface area contributed by atoms with Crippen molar-refractivity contribution in [1.82, 2.24) is 19.9 Å². The maximum atomic E-state index is 13.4. The average Bonchev–Trinajstić information content (AvgIpc) is 3.59. The van der Waals surface area contributed by atoms with Crippen molar-refractivity contribution in [3.63, 3.8) is 0 Å². The number of aromatic nitrogens is 4. The van der Waals surface area contributed by atoms with Crippen molar-refractivity contribution >= 4 is 23.3 Å². The number of anilines is 4. The number of benzene rings is 2. The molecule has 2 fully saturated rings. The minimum Gasteiger partial charge on any atom is -0.390 e. The van der Waals surface area contributed by atoms with Crippen LogP contribution in [0.15, 0.2) is 61.2 Å². The summed E-state index contributed by atoms with van der Waals surface area (Å²) in [5, 5.41) is 62.6. The van der Waals surface area contributed by atoms with E-state index in [2.05, 4.69) is 19.9 Å². The first-order chi connectivity index (χ1) is 24.6. The van der Waals surface area contributed by atoms with Crippen LogP contribution >= 0.6 is 0 Å². The predicted octanol–water partition coefficient (Wildman–Crippen LogP) is 2.51. The number of likely N-dealkylation sites (N-methyl/N-ethyl adjacent to an activating group) is 2. The molecule has 0 bridgehead atoms. The van der Waals surface area contributed by atoms with Gasteiger partial charge in [0.05, 0.1) is 36.5 Å². The summed E-state index contributed by atoms with van der Waals surface area (Å²) in [6.45, 7) is 0. The van der Waals surface area contributed by atoms with Crippen LogP contribution in [0.2, 0.25) is 0 Å². The lowest BCUT2D eigenvalue weighted by atomic mass is 9.92. The molecule has 0 saturated heterocycles. The van der Waals surface area contributed by atoms with E-state index < -0.39 is 83.8 Å². The van der Waals surface area contributed by atoms with Crippen molar-refractivity contribution in [3.05, 3.63) is 95.6 Å². The van der Waals surface area contributed by atoms with Crippen molar-refractivity contribution in [2.75, 3.05) is 35.4 Å². The van der Waals surface area contributed by atoms with Gasteiger partial charge in [0, 0.05) is 38.1 Å². The van der Waals surface area contributed by atoms with Gasteiger partial charge in [0.25, 0.3) is 0 Å². The third-order valence-electron chi connectivity index (χ3n) is 9.84. The fraction of sp³-hybridized carbons (Fsp3) is 0.444. The van der Waals surface area contributed by atoms with Crippen LogP contribution < -0.4 is 21.3 Å². The zero-order valence-electron chi connectivity index (χ0n) is 28.0. The Morgan fingerprint density at radius 2 is 0.926 bits per heavy atom. The van der Waals surface area contributed by atoms with E-state index in [1.165, 1.54) is 36.9 Å². The Labute approximate surface area is 310 Å². The van der Waals surface area contributed by atoms with Crippen molar-refractivity contribution in [3.8, 4) is 0 Å². The number of nitrogens with two attached hydrogens (primary N) is 2. The Morgan fingerprint density at radius 1 is 0.574 bits per heavy atom. The molecule has 2 saturated carbocycles. The van der Waals surface area contributed by atoms with Crippen LogP contribution in [0.4, 0.5) is 40.8 Å². The summed E-state index contributed by atoms with van der Waals surface area (Å²) in [4.78, 5) is 19.1. The van der Waals surface area contributed by atoms with E-state index >= 15 is 0 Å². The maximum Gasteiger partial charge on any atom is 0.159 e. The molecule has 2 aliphatic rings. The van der Waals surface area contributed by atoms with Crippen molar-refractivity contribution in [1.29, 1.82) is 0 Å². The molecular formula is C36H48F4N8O6. The highest BCUT2D eigenvalue weighted by Gasteiger charge is 2.48. The second kappa shape index (κ2) is 18.1. The summed E-state index contributed by atoms with van der Waals surface area (Å²) in [7, 11) is 3.35. The summed E-state index contributed by atoms with van der Waals surface area (Å²) >= 11 is 0. The van der Waals surface area contributed by atoms with Gasteiger partial charge < -0.3 is 51.9 Å². The van der Waals surface area contributed by atoms with Gasteiger partial charge in [-0.25, -0.2) is 37.5 Å². The van der Waals surface area contributed by atoms with Crippen LogP contribution in [0, 0.1) is 35.1 Å². The van der Waals surface area contributed by atoms with Gasteiger partial charge in [-0.15, -0.1) is 0 Å². The lowest BCUT2D eigenvalue weighted by molar-refractivity contribution is -0.0232. The number of nitrogens with zero attached hydrogens (tertiary/aromatic N) is 6. The van der Waals surface area contributed by atoms with E-state index in [0.29, 0.717) is 11.6 Å².